The van der Waals surface area contributed by atoms with Gasteiger partial charge in [0.25, 0.3) is 0 Å². The Hall–Kier alpha value is -2.93. The zero-order chi connectivity index (χ0) is 22.6. The molecule has 1 aliphatic rings. The second-order valence-corrected chi connectivity index (χ2v) is 7.75. The Kier molecular flexibility index (Phi) is 6.95. The van der Waals surface area contributed by atoms with E-state index in [0.29, 0.717) is 17.9 Å². The summed E-state index contributed by atoms with van der Waals surface area (Å²) in [5.41, 5.74) is 0.425. The number of ether oxygens (including phenoxy) is 4. The maximum absolute atomic E-state index is 13.7. The third-order valence-electron chi connectivity index (χ3n) is 5.76. The molecule has 0 radical (unpaired) electrons. The normalized spacial score (nSPS) is 14.6. The molecule has 1 fully saturated rings. The minimum absolute atomic E-state index is 0.106. The fourth-order valence-corrected chi connectivity index (χ4v) is 4.30. The Morgan fingerprint density at radius 2 is 1.55 bits per heavy atom. The van der Waals surface area contributed by atoms with Crippen molar-refractivity contribution in [3.8, 4) is 17.2 Å². The summed E-state index contributed by atoms with van der Waals surface area (Å²) >= 11 is 6.05. The van der Waals surface area contributed by atoms with Gasteiger partial charge in [0.2, 0.25) is 11.7 Å². The molecule has 0 aliphatic heterocycles. The first-order valence-electron chi connectivity index (χ1n) is 9.90. The van der Waals surface area contributed by atoms with E-state index in [-0.39, 0.29) is 34.4 Å². The number of methoxy groups -OCH3 is 4. The van der Waals surface area contributed by atoms with Crippen LogP contribution in [0.4, 0.5) is 5.69 Å². The molecule has 0 saturated heterocycles. The first-order valence-corrected chi connectivity index (χ1v) is 10.3. The van der Waals surface area contributed by atoms with Crippen molar-refractivity contribution in [2.75, 3.05) is 33.8 Å². The van der Waals surface area contributed by atoms with Gasteiger partial charge in [0.15, 0.2) is 11.5 Å². The zero-order valence-corrected chi connectivity index (χ0v) is 18.8. The molecule has 31 heavy (non-hydrogen) atoms. The molecule has 166 valence electrons. The topological polar surface area (TPSA) is 83.1 Å². The smallest absolute Gasteiger partial charge is 0.340 e. The SMILES string of the molecule is COC(=O)c1cc(OC)c(OC)c(OC)c1NC(=O)C1(c2ccc(Cl)cc2)CCCC1. The van der Waals surface area contributed by atoms with Crippen LogP contribution in [0.15, 0.2) is 30.3 Å². The third kappa shape index (κ3) is 4.14. The van der Waals surface area contributed by atoms with Crippen molar-refractivity contribution in [2.45, 2.75) is 31.1 Å². The number of nitrogens with one attached hydrogen (secondary N) is 1. The van der Waals surface area contributed by atoms with E-state index in [1.54, 1.807) is 12.1 Å². The lowest BCUT2D eigenvalue weighted by Gasteiger charge is -2.29. The molecular weight excluding hydrogens is 422 g/mol. The van der Waals surface area contributed by atoms with E-state index in [4.69, 9.17) is 30.5 Å². The van der Waals surface area contributed by atoms with Gasteiger partial charge < -0.3 is 24.3 Å². The molecule has 2 aromatic carbocycles. The highest BCUT2D eigenvalue weighted by atomic mass is 35.5. The average Bonchev–Trinajstić information content (AvgIpc) is 3.29. The van der Waals surface area contributed by atoms with Crippen LogP contribution in [-0.2, 0) is 14.9 Å². The summed E-state index contributed by atoms with van der Waals surface area (Å²) in [5.74, 6) is -0.143. The fourth-order valence-electron chi connectivity index (χ4n) is 4.18. The molecule has 0 atom stereocenters. The van der Waals surface area contributed by atoms with E-state index in [9.17, 15) is 9.59 Å². The zero-order valence-electron chi connectivity index (χ0n) is 18.0. The summed E-state index contributed by atoms with van der Waals surface area (Å²) in [5, 5.41) is 3.54. The van der Waals surface area contributed by atoms with Crippen LogP contribution in [0.5, 0.6) is 17.2 Å². The van der Waals surface area contributed by atoms with Gasteiger partial charge in [-0.2, -0.15) is 0 Å². The first kappa shape index (κ1) is 22.7. The summed E-state index contributed by atoms with van der Waals surface area (Å²) in [6.45, 7) is 0. The quantitative estimate of drug-likeness (QED) is 0.624. The van der Waals surface area contributed by atoms with Gasteiger partial charge >= 0.3 is 5.97 Å². The van der Waals surface area contributed by atoms with Crippen molar-refractivity contribution < 1.29 is 28.5 Å². The van der Waals surface area contributed by atoms with Crippen LogP contribution < -0.4 is 19.5 Å². The second kappa shape index (κ2) is 9.47. The Labute approximate surface area is 186 Å². The largest absolute Gasteiger partial charge is 0.493 e. The summed E-state index contributed by atoms with van der Waals surface area (Å²) < 4.78 is 21.2. The molecule has 0 aromatic heterocycles. The molecule has 0 unspecified atom stereocenters. The maximum Gasteiger partial charge on any atom is 0.340 e. The van der Waals surface area contributed by atoms with Gasteiger partial charge in [-0.25, -0.2) is 4.79 Å². The van der Waals surface area contributed by atoms with Crippen LogP contribution in [0.25, 0.3) is 0 Å². The Balaban J connectivity index is 2.12. The number of rotatable bonds is 7. The number of hydrogen-bond donors (Lipinski definition) is 1. The molecule has 1 N–H and O–H groups in total. The Bertz CT molecular complexity index is 967. The van der Waals surface area contributed by atoms with Crippen molar-refractivity contribution in [3.05, 3.63) is 46.5 Å². The van der Waals surface area contributed by atoms with E-state index < -0.39 is 11.4 Å². The van der Waals surface area contributed by atoms with Gasteiger partial charge in [0.05, 0.1) is 39.4 Å². The minimum Gasteiger partial charge on any atom is -0.493 e. The van der Waals surface area contributed by atoms with Gasteiger partial charge in [-0.05, 0) is 30.5 Å². The van der Waals surface area contributed by atoms with Gasteiger partial charge in [0.1, 0.15) is 5.69 Å². The van der Waals surface area contributed by atoms with Gasteiger partial charge in [-0.3, -0.25) is 4.79 Å². The fraction of sp³-hybridized carbons (Fsp3) is 0.391. The number of esters is 1. The van der Waals surface area contributed by atoms with E-state index in [1.165, 1.54) is 34.5 Å². The Morgan fingerprint density at radius 1 is 0.935 bits per heavy atom. The van der Waals surface area contributed by atoms with Crippen molar-refractivity contribution >= 4 is 29.2 Å². The van der Waals surface area contributed by atoms with Crippen LogP contribution >= 0.6 is 11.6 Å². The molecule has 8 heteroatoms. The molecule has 3 rings (SSSR count). The third-order valence-corrected chi connectivity index (χ3v) is 6.01. The van der Waals surface area contributed by atoms with E-state index in [1.807, 2.05) is 12.1 Å². The molecule has 1 saturated carbocycles. The van der Waals surface area contributed by atoms with Crippen LogP contribution in [-0.4, -0.2) is 40.3 Å². The standard InChI is InChI=1S/C23H26ClNO6/c1-28-17-13-16(21(26)31-4)18(20(30-3)19(17)29-2)25-22(27)23(11-5-6-12-23)14-7-9-15(24)10-8-14/h7-10,13H,5-6,11-12H2,1-4H3,(H,25,27). The number of hydrogen-bond acceptors (Lipinski definition) is 6. The van der Waals surface area contributed by atoms with E-state index >= 15 is 0 Å². The highest BCUT2D eigenvalue weighted by molar-refractivity contribution is 6.30. The van der Waals surface area contributed by atoms with Crippen LogP contribution in [0, 0.1) is 0 Å². The van der Waals surface area contributed by atoms with E-state index in [2.05, 4.69) is 5.32 Å². The lowest BCUT2D eigenvalue weighted by molar-refractivity contribution is -0.121. The minimum atomic E-state index is -0.740. The van der Waals surface area contributed by atoms with Crippen molar-refractivity contribution in [1.82, 2.24) is 0 Å². The summed E-state index contributed by atoms with van der Waals surface area (Å²) in [6, 6.07) is 8.77. The van der Waals surface area contributed by atoms with Crippen LogP contribution in [0.3, 0.4) is 0 Å². The van der Waals surface area contributed by atoms with Crippen molar-refractivity contribution in [3.63, 3.8) is 0 Å². The summed E-state index contributed by atoms with van der Waals surface area (Å²) in [4.78, 5) is 26.2. The number of benzene rings is 2. The Morgan fingerprint density at radius 3 is 2.06 bits per heavy atom. The molecule has 2 aromatic rings. The highest BCUT2D eigenvalue weighted by Crippen LogP contribution is 2.47. The van der Waals surface area contributed by atoms with Crippen LogP contribution in [0.2, 0.25) is 5.02 Å². The number of amides is 1. The number of carbonyl (C=O) groups is 2. The number of carbonyl (C=O) groups excluding carboxylic acids is 2. The monoisotopic (exact) mass is 447 g/mol. The molecule has 0 heterocycles. The van der Waals surface area contributed by atoms with E-state index in [0.717, 1.165) is 18.4 Å². The first-order chi connectivity index (χ1) is 14.9. The lowest BCUT2D eigenvalue weighted by atomic mass is 9.78. The molecular formula is C23H26ClNO6. The number of halogens is 1. The second-order valence-electron chi connectivity index (χ2n) is 7.31. The lowest BCUT2D eigenvalue weighted by Crippen LogP contribution is -2.38. The molecule has 7 nitrogen and oxygen atoms in total. The van der Waals surface area contributed by atoms with Gasteiger partial charge in [-0.1, -0.05) is 36.6 Å². The predicted octanol–water partition coefficient (Wildman–Crippen LogP) is 4.60. The van der Waals surface area contributed by atoms with Crippen molar-refractivity contribution in [2.24, 2.45) is 0 Å². The highest BCUT2D eigenvalue weighted by Gasteiger charge is 2.43. The summed E-state index contributed by atoms with van der Waals surface area (Å²) in [6.07, 6.45) is 3.21. The van der Waals surface area contributed by atoms with Gasteiger partial charge in [0, 0.05) is 11.1 Å². The summed E-state index contributed by atoms with van der Waals surface area (Å²) in [7, 11) is 5.60. The average molecular weight is 448 g/mol. The number of anilines is 1. The molecule has 1 amide bonds. The molecule has 0 spiro atoms. The van der Waals surface area contributed by atoms with Gasteiger partial charge in [-0.15, -0.1) is 0 Å². The molecule has 0 bridgehead atoms. The predicted molar refractivity (Wildman–Crippen MR) is 118 cm³/mol. The maximum atomic E-state index is 13.7. The molecule has 1 aliphatic carbocycles. The van der Waals surface area contributed by atoms with Crippen LogP contribution in [0.1, 0.15) is 41.6 Å². The van der Waals surface area contributed by atoms with Crippen molar-refractivity contribution in [1.29, 1.82) is 0 Å².